The van der Waals surface area contributed by atoms with E-state index in [4.69, 9.17) is 0 Å². The summed E-state index contributed by atoms with van der Waals surface area (Å²) in [5.74, 6) is 4.44. The van der Waals surface area contributed by atoms with Crippen LogP contribution in [0.1, 0.15) is 28.3 Å². The van der Waals surface area contributed by atoms with Crippen LogP contribution in [-0.2, 0) is 7.05 Å². The molecule has 0 spiro atoms. The number of hydrogen-bond donors (Lipinski definition) is 0. The maximum Gasteiger partial charge on any atom is 0.259 e. The van der Waals surface area contributed by atoms with Gasteiger partial charge in [0.05, 0.1) is 5.69 Å². The number of amides is 1. The smallest absolute Gasteiger partial charge is 0.259 e. The number of hydrogen-bond acceptors (Lipinski definition) is 3. The molecule has 0 N–H and O–H groups in total. The van der Waals surface area contributed by atoms with E-state index in [-0.39, 0.29) is 5.91 Å². The summed E-state index contributed by atoms with van der Waals surface area (Å²) < 4.78 is 3.74. The molecule has 5 rings (SSSR count). The van der Waals surface area contributed by atoms with Gasteiger partial charge in [0.1, 0.15) is 17.2 Å². The van der Waals surface area contributed by atoms with Gasteiger partial charge in [-0.1, -0.05) is 12.2 Å². The molecule has 2 aliphatic carbocycles. The standard InChI is InChI=1S/C19H23N5O/c1-11-17(18(22(3)21-11)24-7-6-20-12(24)2)19(25)23-9-15-13-4-5-14(8-13)16(15)10-23/h4-7,13-16H,8-10H2,1-3H3/t13?,14?,15-,16+. The summed E-state index contributed by atoms with van der Waals surface area (Å²) in [5.41, 5.74) is 1.50. The van der Waals surface area contributed by atoms with Crippen molar-refractivity contribution < 1.29 is 4.79 Å². The third-order valence-electron chi connectivity index (χ3n) is 6.41. The molecule has 1 amide bonds. The van der Waals surface area contributed by atoms with E-state index < -0.39 is 0 Å². The van der Waals surface area contributed by atoms with Crippen LogP contribution in [0.3, 0.4) is 0 Å². The Morgan fingerprint density at radius 1 is 1.16 bits per heavy atom. The minimum absolute atomic E-state index is 0.113. The van der Waals surface area contributed by atoms with Crippen molar-refractivity contribution in [3.8, 4) is 5.82 Å². The molecular formula is C19H23N5O. The number of aryl methyl sites for hydroxylation is 3. The Hall–Kier alpha value is -2.37. The van der Waals surface area contributed by atoms with Crippen LogP contribution < -0.4 is 0 Å². The van der Waals surface area contributed by atoms with Crippen molar-refractivity contribution in [3.05, 3.63) is 41.6 Å². The van der Waals surface area contributed by atoms with E-state index in [1.54, 1.807) is 10.9 Å². The molecule has 0 aromatic carbocycles. The summed E-state index contributed by atoms with van der Waals surface area (Å²) in [6.45, 7) is 5.63. The van der Waals surface area contributed by atoms with Crippen LogP contribution >= 0.6 is 0 Å². The highest BCUT2D eigenvalue weighted by atomic mass is 16.2. The lowest BCUT2D eigenvalue weighted by Gasteiger charge is -2.19. The fourth-order valence-electron chi connectivity index (χ4n) is 5.25. The minimum Gasteiger partial charge on any atom is -0.338 e. The topological polar surface area (TPSA) is 56.0 Å². The number of likely N-dealkylation sites (tertiary alicyclic amines) is 1. The van der Waals surface area contributed by atoms with Gasteiger partial charge in [-0.15, -0.1) is 0 Å². The highest BCUT2D eigenvalue weighted by Crippen LogP contribution is 2.51. The van der Waals surface area contributed by atoms with Gasteiger partial charge >= 0.3 is 0 Å². The second kappa shape index (κ2) is 5.07. The number of carbonyl (C=O) groups excluding carboxylic acids is 1. The Balaban J connectivity index is 1.50. The van der Waals surface area contributed by atoms with Crippen LogP contribution in [0.5, 0.6) is 0 Å². The highest BCUT2D eigenvalue weighted by molar-refractivity contribution is 5.98. The predicted octanol–water partition coefficient (Wildman–Crippen LogP) is 2.12. The molecule has 2 fully saturated rings. The molecule has 6 nitrogen and oxygen atoms in total. The molecule has 2 bridgehead atoms. The van der Waals surface area contributed by atoms with E-state index in [1.165, 1.54) is 6.42 Å². The fourth-order valence-corrected chi connectivity index (χ4v) is 5.25. The Bertz CT molecular complexity index is 872. The monoisotopic (exact) mass is 337 g/mol. The zero-order valence-electron chi connectivity index (χ0n) is 14.9. The van der Waals surface area contributed by atoms with Crippen molar-refractivity contribution in [1.82, 2.24) is 24.2 Å². The fraction of sp³-hybridized carbons (Fsp3) is 0.526. The predicted molar refractivity (Wildman–Crippen MR) is 93.4 cm³/mol. The maximum absolute atomic E-state index is 13.4. The van der Waals surface area contributed by atoms with E-state index in [1.807, 2.05) is 31.7 Å². The van der Waals surface area contributed by atoms with Gasteiger partial charge in [-0.3, -0.25) is 14.0 Å². The summed E-state index contributed by atoms with van der Waals surface area (Å²) in [5, 5.41) is 4.52. The van der Waals surface area contributed by atoms with Gasteiger partial charge in [-0.25, -0.2) is 4.98 Å². The van der Waals surface area contributed by atoms with E-state index in [9.17, 15) is 4.79 Å². The first-order chi connectivity index (χ1) is 12.0. The zero-order chi connectivity index (χ0) is 17.3. The SMILES string of the molecule is Cc1nn(C)c(-n2ccnc2C)c1C(=O)N1C[C@@H]2C3C=CC(C3)[C@@H]2C1. The lowest BCUT2D eigenvalue weighted by atomic mass is 9.86. The highest BCUT2D eigenvalue weighted by Gasteiger charge is 2.50. The van der Waals surface area contributed by atoms with Crippen LogP contribution in [0, 0.1) is 37.5 Å². The maximum atomic E-state index is 13.4. The molecule has 2 aromatic rings. The minimum atomic E-state index is 0.113. The number of imidazole rings is 1. The normalized spacial score (nSPS) is 29.6. The Kier molecular flexibility index (Phi) is 3.03. The van der Waals surface area contributed by atoms with Gasteiger partial charge in [0, 0.05) is 32.5 Å². The van der Waals surface area contributed by atoms with Crippen LogP contribution in [0.2, 0.25) is 0 Å². The molecule has 4 atom stereocenters. The van der Waals surface area contributed by atoms with Crippen LogP contribution in [0.25, 0.3) is 5.82 Å². The Labute approximate surface area is 147 Å². The van der Waals surface area contributed by atoms with Crippen molar-refractivity contribution in [2.24, 2.45) is 30.7 Å². The summed E-state index contributed by atoms with van der Waals surface area (Å²) in [4.78, 5) is 19.8. The molecule has 3 heterocycles. The van der Waals surface area contributed by atoms with Crippen molar-refractivity contribution >= 4 is 5.91 Å². The third kappa shape index (κ3) is 2.00. The second-order valence-electron chi connectivity index (χ2n) is 7.74. The molecule has 130 valence electrons. The number of allylic oxidation sites excluding steroid dienone is 2. The quantitative estimate of drug-likeness (QED) is 0.789. The number of fused-ring (bicyclic) bond motifs is 5. The Morgan fingerprint density at radius 2 is 1.84 bits per heavy atom. The Morgan fingerprint density at radius 3 is 2.44 bits per heavy atom. The van der Waals surface area contributed by atoms with E-state index in [2.05, 4.69) is 27.1 Å². The van der Waals surface area contributed by atoms with E-state index >= 15 is 0 Å². The first-order valence-electron chi connectivity index (χ1n) is 9.06. The number of carbonyl (C=O) groups is 1. The molecule has 2 aromatic heterocycles. The molecule has 1 aliphatic heterocycles. The summed E-state index contributed by atoms with van der Waals surface area (Å²) in [6, 6.07) is 0. The lowest BCUT2D eigenvalue weighted by Crippen LogP contribution is -2.31. The number of aromatic nitrogens is 4. The van der Waals surface area contributed by atoms with E-state index in [0.29, 0.717) is 29.2 Å². The van der Waals surface area contributed by atoms with Gasteiger partial charge < -0.3 is 4.90 Å². The molecule has 6 heteroatoms. The zero-order valence-corrected chi connectivity index (χ0v) is 14.9. The number of nitrogens with zero attached hydrogens (tertiary/aromatic N) is 5. The molecule has 1 saturated carbocycles. The molecule has 2 unspecified atom stereocenters. The molecule has 3 aliphatic rings. The van der Waals surface area contributed by atoms with Crippen molar-refractivity contribution in [2.45, 2.75) is 20.3 Å². The largest absolute Gasteiger partial charge is 0.338 e. The van der Waals surface area contributed by atoms with Crippen molar-refractivity contribution in [3.63, 3.8) is 0 Å². The number of rotatable bonds is 2. The first kappa shape index (κ1) is 14.9. The van der Waals surface area contributed by atoms with E-state index in [0.717, 1.165) is 30.4 Å². The lowest BCUT2D eigenvalue weighted by molar-refractivity contribution is 0.0776. The van der Waals surface area contributed by atoms with Gasteiger partial charge in [-0.2, -0.15) is 5.10 Å². The van der Waals surface area contributed by atoms with Gasteiger partial charge in [0.15, 0.2) is 0 Å². The molecular weight excluding hydrogens is 314 g/mol. The molecule has 0 radical (unpaired) electrons. The third-order valence-corrected chi connectivity index (χ3v) is 6.41. The van der Waals surface area contributed by atoms with Crippen molar-refractivity contribution in [2.75, 3.05) is 13.1 Å². The molecule has 1 saturated heterocycles. The average molecular weight is 337 g/mol. The van der Waals surface area contributed by atoms with Gasteiger partial charge in [0.25, 0.3) is 5.91 Å². The van der Waals surface area contributed by atoms with Gasteiger partial charge in [0.2, 0.25) is 0 Å². The first-order valence-corrected chi connectivity index (χ1v) is 9.06. The molecule has 25 heavy (non-hydrogen) atoms. The second-order valence-corrected chi connectivity index (χ2v) is 7.74. The summed E-state index contributed by atoms with van der Waals surface area (Å²) in [6.07, 6.45) is 9.69. The van der Waals surface area contributed by atoms with Crippen molar-refractivity contribution in [1.29, 1.82) is 0 Å². The summed E-state index contributed by atoms with van der Waals surface area (Å²) >= 11 is 0. The van der Waals surface area contributed by atoms with Crippen LogP contribution in [-0.4, -0.2) is 43.2 Å². The summed E-state index contributed by atoms with van der Waals surface area (Å²) in [7, 11) is 1.89. The van der Waals surface area contributed by atoms with Gasteiger partial charge in [-0.05, 0) is 43.9 Å². The van der Waals surface area contributed by atoms with Crippen LogP contribution in [0.4, 0.5) is 0 Å². The van der Waals surface area contributed by atoms with Crippen LogP contribution in [0.15, 0.2) is 24.5 Å². The average Bonchev–Trinajstić information content (AvgIpc) is 3.33.